The number of nitrogens with zero attached hydrogens (tertiary/aromatic N) is 3. The predicted molar refractivity (Wildman–Crippen MR) is 120 cm³/mol. The summed E-state index contributed by atoms with van der Waals surface area (Å²) < 4.78 is 34.3. The summed E-state index contributed by atoms with van der Waals surface area (Å²) in [4.78, 5) is 2.44. The van der Waals surface area contributed by atoms with Crippen molar-refractivity contribution in [3.8, 4) is 17.6 Å². The minimum absolute atomic E-state index is 0.0257. The van der Waals surface area contributed by atoms with E-state index >= 15 is 0 Å². The maximum Gasteiger partial charge on any atom is 0.246 e. The van der Waals surface area contributed by atoms with Crippen molar-refractivity contribution in [3.05, 3.63) is 52.0 Å². The average Bonchev–Trinajstić information content (AvgIpc) is 3.28. The molecule has 0 N–H and O–H groups in total. The summed E-state index contributed by atoms with van der Waals surface area (Å²) in [5.74, 6) is 0.463. The molecule has 2 heterocycles. The summed E-state index contributed by atoms with van der Waals surface area (Å²) in [5.41, 5.74) is 0.252. The number of rotatable bonds is 5. The Kier molecular flexibility index (Phi) is 6.75. The fourth-order valence-corrected chi connectivity index (χ4v) is 6.39. The molecule has 0 saturated carbocycles. The Morgan fingerprint density at radius 3 is 2.23 bits per heavy atom. The van der Waals surface area contributed by atoms with Crippen LogP contribution in [0.3, 0.4) is 0 Å². The lowest BCUT2D eigenvalue weighted by molar-refractivity contribution is 0.167. The van der Waals surface area contributed by atoms with Crippen LogP contribution in [0.1, 0.15) is 31.2 Å². The van der Waals surface area contributed by atoms with Crippen LogP contribution >= 0.6 is 23.2 Å². The van der Waals surface area contributed by atoms with Gasteiger partial charge in [-0.05, 0) is 75.2 Å². The molecule has 2 aromatic carbocycles. The molecule has 2 aliphatic heterocycles. The highest BCUT2D eigenvalue weighted by molar-refractivity contribution is 7.89. The zero-order valence-electron chi connectivity index (χ0n) is 16.9. The molecule has 0 aromatic heterocycles. The fourth-order valence-electron chi connectivity index (χ4n) is 4.27. The maximum atomic E-state index is 13.5. The Labute approximate surface area is 193 Å². The van der Waals surface area contributed by atoms with Gasteiger partial charge in [0.1, 0.15) is 16.4 Å². The summed E-state index contributed by atoms with van der Waals surface area (Å²) in [5, 5.41) is 10.1. The van der Waals surface area contributed by atoms with Crippen LogP contribution in [0, 0.1) is 11.3 Å². The normalized spacial score (nSPS) is 18.7. The van der Waals surface area contributed by atoms with Crippen molar-refractivity contribution in [2.45, 2.75) is 36.6 Å². The van der Waals surface area contributed by atoms with E-state index in [4.69, 9.17) is 27.9 Å². The Hall–Kier alpha value is -1.82. The second-order valence-corrected chi connectivity index (χ2v) is 10.6. The Morgan fingerprint density at radius 2 is 1.61 bits per heavy atom. The first-order chi connectivity index (χ1) is 14.9. The van der Waals surface area contributed by atoms with Crippen molar-refractivity contribution in [1.82, 2.24) is 9.21 Å². The van der Waals surface area contributed by atoms with E-state index in [-0.39, 0.29) is 16.2 Å². The third-order valence-corrected chi connectivity index (χ3v) is 8.19. The minimum Gasteiger partial charge on any atom is -0.456 e. The van der Waals surface area contributed by atoms with Gasteiger partial charge >= 0.3 is 0 Å². The second-order valence-electron chi connectivity index (χ2n) is 7.86. The van der Waals surface area contributed by atoms with Gasteiger partial charge in [-0.25, -0.2) is 8.42 Å². The summed E-state index contributed by atoms with van der Waals surface area (Å²) >= 11 is 12.1. The molecule has 31 heavy (non-hydrogen) atoms. The van der Waals surface area contributed by atoms with Crippen molar-refractivity contribution in [2.24, 2.45) is 0 Å². The van der Waals surface area contributed by atoms with Gasteiger partial charge in [0.25, 0.3) is 0 Å². The van der Waals surface area contributed by atoms with Crippen LogP contribution in [0.25, 0.3) is 0 Å². The standard InChI is InChI=1S/C22H23Cl2N3O3S/c23-17-12-18(24)14-20(13-17)30-21-4-3-16(15-25)11-22(21)31(28,29)27-9-5-19(6-10-27)26-7-1-2-8-26/h3-4,11-14,19H,1-2,5-10H2. The Morgan fingerprint density at radius 1 is 0.968 bits per heavy atom. The summed E-state index contributed by atoms with van der Waals surface area (Å²) in [6.07, 6.45) is 4.04. The topological polar surface area (TPSA) is 73.6 Å². The molecule has 0 bridgehead atoms. The van der Waals surface area contributed by atoms with E-state index in [9.17, 15) is 13.7 Å². The zero-order chi connectivity index (χ0) is 22.0. The van der Waals surface area contributed by atoms with Gasteiger partial charge in [0.2, 0.25) is 10.0 Å². The van der Waals surface area contributed by atoms with Crippen LogP contribution in [-0.4, -0.2) is 49.8 Å². The molecule has 9 heteroatoms. The first-order valence-electron chi connectivity index (χ1n) is 10.3. The molecule has 2 saturated heterocycles. The van der Waals surface area contributed by atoms with E-state index < -0.39 is 10.0 Å². The van der Waals surface area contributed by atoms with Crippen molar-refractivity contribution >= 4 is 33.2 Å². The van der Waals surface area contributed by atoms with Gasteiger partial charge in [0.05, 0.1) is 11.6 Å². The van der Waals surface area contributed by atoms with Crippen LogP contribution in [-0.2, 0) is 10.0 Å². The number of hydrogen-bond acceptors (Lipinski definition) is 5. The number of halogens is 2. The lowest BCUT2D eigenvalue weighted by Crippen LogP contribution is -2.45. The van der Waals surface area contributed by atoms with Crippen molar-refractivity contribution in [3.63, 3.8) is 0 Å². The molecule has 4 rings (SSSR count). The second kappa shape index (κ2) is 9.35. The molecule has 164 valence electrons. The zero-order valence-corrected chi connectivity index (χ0v) is 19.3. The highest BCUT2D eigenvalue weighted by atomic mass is 35.5. The molecule has 6 nitrogen and oxygen atoms in total. The van der Waals surface area contributed by atoms with Crippen LogP contribution in [0.15, 0.2) is 41.3 Å². The van der Waals surface area contributed by atoms with E-state index in [1.165, 1.54) is 35.3 Å². The first kappa shape index (κ1) is 22.4. The monoisotopic (exact) mass is 479 g/mol. The number of benzene rings is 2. The fraction of sp³-hybridized carbons (Fsp3) is 0.409. The van der Waals surface area contributed by atoms with Crippen molar-refractivity contribution in [1.29, 1.82) is 5.26 Å². The van der Waals surface area contributed by atoms with Gasteiger partial charge in [-0.3, -0.25) is 0 Å². The van der Waals surface area contributed by atoms with Crippen LogP contribution < -0.4 is 4.74 Å². The maximum absolute atomic E-state index is 13.5. The van der Waals surface area contributed by atoms with E-state index in [0.717, 1.165) is 25.9 Å². The average molecular weight is 480 g/mol. The molecular formula is C22H23Cl2N3O3S. The summed E-state index contributed by atoms with van der Waals surface area (Å²) in [7, 11) is -3.84. The molecule has 0 atom stereocenters. The van der Waals surface area contributed by atoms with Crippen molar-refractivity contribution < 1.29 is 13.2 Å². The SMILES string of the molecule is N#Cc1ccc(Oc2cc(Cl)cc(Cl)c2)c(S(=O)(=O)N2CCC(N3CCCC3)CC2)c1. The number of ether oxygens (including phenoxy) is 1. The highest BCUT2D eigenvalue weighted by Gasteiger charge is 2.34. The summed E-state index contributed by atoms with van der Waals surface area (Å²) in [6, 6.07) is 11.5. The van der Waals surface area contributed by atoms with Crippen LogP contribution in [0.5, 0.6) is 11.5 Å². The highest BCUT2D eigenvalue weighted by Crippen LogP contribution is 2.35. The van der Waals surface area contributed by atoms with E-state index in [1.807, 2.05) is 6.07 Å². The molecule has 0 unspecified atom stereocenters. The summed E-state index contributed by atoms with van der Waals surface area (Å²) in [6.45, 7) is 3.09. The van der Waals surface area contributed by atoms with Gasteiger partial charge in [-0.2, -0.15) is 9.57 Å². The van der Waals surface area contributed by atoms with Crippen LogP contribution in [0.2, 0.25) is 10.0 Å². The number of sulfonamides is 1. The lowest BCUT2D eigenvalue weighted by atomic mass is 10.1. The molecule has 0 radical (unpaired) electrons. The van der Waals surface area contributed by atoms with Crippen LogP contribution in [0.4, 0.5) is 0 Å². The third kappa shape index (κ3) is 5.00. The van der Waals surface area contributed by atoms with Gasteiger partial charge in [-0.15, -0.1) is 0 Å². The van der Waals surface area contributed by atoms with Gasteiger partial charge in [0, 0.05) is 29.2 Å². The van der Waals surface area contributed by atoms with Gasteiger partial charge in [0.15, 0.2) is 0 Å². The molecular weight excluding hydrogens is 457 g/mol. The van der Waals surface area contributed by atoms with Crippen molar-refractivity contribution in [2.75, 3.05) is 26.2 Å². The first-order valence-corrected chi connectivity index (χ1v) is 12.5. The predicted octanol–water partition coefficient (Wildman–Crippen LogP) is 4.91. The number of nitriles is 1. The Balaban J connectivity index is 1.60. The van der Waals surface area contributed by atoms with Gasteiger partial charge < -0.3 is 9.64 Å². The number of piperidine rings is 1. The molecule has 0 amide bonds. The largest absolute Gasteiger partial charge is 0.456 e. The number of likely N-dealkylation sites (tertiary alicyclic amines) is 1. The molecule has 2 aliphatic rings. The van der Waals surface area contributed by atoms with E-state index in [0.29, 0.717) is 34.9 Å². The lowest BCUT2D eigenvalue weighted by Gasteiger charge is -2.36. The van der Waals surface area contributed by atoms with E-state index in [2.05, 4.69) is 4.90 Å². The minimum atomic E-state index is -3.84. The molecule has 0 aliphatic carbocycles. The quantitative estimate of drug-likeness (QED) is 0.608. The Bertz CT molecular complexity index is 1080. The molecule has 2 fully saturated rings. The third-order valence-electron chi connectivity index (χ3n) is 5.84. The molecule has 0 spiro atoms. The molecule has 2 aromatic rings. The van der Waals surface area contributed by atoms with E-state index in [1.54, 1.807) is 18.2 Å². The number of hydrogen-bond donors (Lipinski definition) is 0. The smallest absolute Gasteiger partial charge is 0.246 e. The van der Waals surface area contributed by atoms with Gasteiger partial charge in [-0.1, -0.05) is 23.2 Å².